The Morgan fingerprint density at radius 2 is 1.61 bits per heavy atom. The van der Waals surface area contributed by atoms with Gasteiger partial charge in [-0.3, -0.25) is 0 Å². The van der Waals surface area contributed by atoms with E-state index in [4.69, 9.17) is 23.2 Å². The summed E-state index contributed by atoms with van der Waals surface area (Å²) in [7, 11) is 0. The number of aliphatic hydroxyl groups is 1. The molecule has 0 aliphatic heterocycles. The fourth-order valence-electron chi connectivity index (χ4n) is 1.51. The highest BCUT2D eigenvalue weighted by Gasteiger charge is 2.24. The Morgan fingerprint density at radius 1 is 1.06 bits per heavy atom. The maximum atomic E-state index is 13.5. The molecule has 1 atom stereocenters. The summed E-state index contributed by atoms with van der Waals surface area (Å²) in [6.45, 7) is 0. The summed E-state index contributed by atoms with van der Waals surface area (Å²) in [5, 5.41) is 9.90. The van der Waals surface area contributed by atoms with Gasteiger partial charge < -0.3 is 5.11 Å². The van der Waals surface area contributed by atoms with Gasteiger partial charge in [0.05, 0.1) is 9.90 Å². The number of aliphatic hydroxyl groups excluding tert-OH is 1. The van der Waals surface area contributed by atoms with Crippen molar-refractivity contribution in [2.24, 2.45) is 0 Å². The molecular weight excluding hydrogens is 308 g/mol. The lowest BCUT2D eigenvalue weighted by Crippen LogP contribution is -2.06. The Balaban J connectivity index is 2.52. The van der Waals surface area contributed by atoms with E-state index in [9.17, 15) is 18.3 Å². The van der Waals surface area contributed by atoms with Crippen LogP contribution in [0.2, 0.25) is 8.67 Å². The number of halogens is 5. The van der Waals surface area contributed by atoms with Gasteiger partial charge >= 0.3 is 0 Å². The summed E-state index contributed by atoms with van der Waals surface area (Å²) < 4.78 is 40.1. The zero-order chi connectivity index (χ0) is 13.4. The molecule has 1 heterocycles. The van der Waals surface area contributed by atoms with Crippen LogP contribution in [0, 0.1) is 17.5 Å². The van der Waals surface area contributed by atoms with Crippen LogP contribution in [0.1, 0.15) is 17.2 Å². The van der Waals surface area contributed by atoms with Gasteiger partial charge in [0, 0.05) is 17.7 Å². The van der Waals surface area contributed by atoms with Crippen molar-refractivity contribution in [2.45, 2.75) is 6.10 Å². The summed E-state index contributed by atoms with van der Waals surface area (Å²) in [6.07, 6.45) is -1.64. The molecule has 2 rings (SSSR count). The van der Waals surface area contributed by atoms with Crippen LogP contribution >= 0.6 is 34.5 Å². The molecule has 0 radical (unpaired) electrons. The minimum atomic E-state index is -1.64. The maximum Gasteiger partial charge on any atom is 0.135 e. The van der Waals surface area contributed by atoms with Crippen LogP contribution in [0.4, 0.5) is 13.2 Å². The second-order valence-electron chi connectivity index (χ2n) is 3.47. The molecule has 7 heteroatoms. The van der Waals surface area contributed by atoms with E-state index in [-0.39, 0.29) is 14.2 Å². The molecule has 1 aromatic carbocycles. The zero-order valence-electron chi connectivity index (χ0n) is 8.55. The average molecular weight is 313 g/mol. The average Bonchev–Trinajstić information content (AvgIpc) is 2.56. The van der Waals surface area contributed by atoms with Crippen LogP contribution in [-0.4, -0.2) is 5.11 Å². The molecule has 0 spiro atoms. The van der Waals surface area contributed by atoms with Crippen molar-refractivity contribution in [1.29, 1.82) is 0 Å². The molecule has 2 aromatic rings. The first-order valence-electron chi connectivity index (χ1n) is 4.67. The van der Waals surface area contributed by atoms with Crippen molar-refractivity contribution < 1.29 is 18.3 Å². The zero-order valence-corrected chi connectivity index (χ0v) is 10.9. The van der Waals surface area contributed by atoms with Gasteiger partial charge in [0.2, 0.25) is 0 Å². The van der Waals surface area contributed by atoms with Crippen LogP contribution in [0.15, 0.2) is 18.2 Å². The molecule has 1 nitrogen and oxygen atoms in total. The number of benzene rings is 1. The van der Waals surface area contributed by atoms with Crippen molar-refractivity contribution in [3.05, 3.63) is 55.5 Å². The Kier molecular flexibility index (Phi) is 3.87. The summed E-state index contributed by atoms with van der Waals surface area (Å²) in [6, 6.07) is 2.29. The second kappa shape index (κ2) is 5.09. The van der Waals surface area contributed by atoms with E-state index in [1.54, 1.807) is 0 Å². The Labute approximate surface area is 114 Å². The molecule has 18 heavy (non-hydrogen) atoms. The van der Waals surface area contributed by atoms with Crippen molar-refractivity contribution in [1.82, 2.24) is 0 Å². The highest BCUT2D eigenvalue weighted by Crippen LogP contribution is 2.38. The summed E-state index contributed by atoms with van der Waals surface area (Å²) in [5.41, 5.74) is -0.580. The number of thiophene rings is 1. The molecule has 0 saturated heterocycles. The molecule has 0 saturated carbocycles. The van der Waals surface area contributed by atoms with Gasteiger partial charge in [-0.25, -0.2) is 13.2 Å². The van der Waals surface area contributed by atoms with E-state index >= 15 is 0 Å². The Hall–Kier alpha value is -0.750. The third-order valence-electron chi connectivity index (χ3n) is 2.29. The van der Waals surface area contributed by atoms with Crippen LogP contribution in [0.3, 0.4) is 0 Å². The topological polar surface area (TPSA) is 20.2 Å². The SMILES string of the molecule is OC(c1cc(Cl)sc1Cl)c1c(F)cc(F)cc1F. The van der Waals surface area contributed by atoms with Gasteiger partial charge in [0.25, 0.3) is 0 Å². The van der Waals surface area contributed by atoms with Gasteiger partial charge in [0.15, 0.2) is 0 Å². The number of rotatable bonds is 2. The molecular formula is C11H5Cl2F3OS. The molecule has 1 unspecified atom stereocenters. The predicted molar refractivity (Wildman–Crippen MR) is 64.7 cm³/mol. The lowest BCUT2D eigenvalue weighted by Gasteiger charge is -2.12. The van der Waals surface area contributed by atoms with E-state index in [2.05, 4.69) is 0 Å². The van der Waals surface area contributed by atoms with Gasteiger partial charge in [-0.2, -0.15) is 0 Å². The molecule has 96 valence electrons. The molecule has 0 amide bonds. The second-order valence-corrected chi connectivity index (χ2v) is 5.75. The van der Waals surface area contributed by atoms with Crippen LogP contribution in [0.25, 0.3) is 0 Å². The summed E-state index contributed by atoms with van der Waals surface area (Å²) in [5.74, 6) is -3.42. The van der Waals surface area contributed by atoms with E-state index < -0.39 is 29.1 Å². The molecule has 0 aliphatic rings. The maximum absolute atomic E-state index is 13.5. The fraction of sp³-hybridized carbons (Fsp3) is 0.0909. The van der Waals surface area contributed by atoms with Crippen molar-refractivity contribution in [3.8, 4) is 0 Å². The van der Waals surface area contributed by atoms with Gasteiger partial charge in [-0.1, -0.05) is 23.2 Å². The van der Waals surface area contributed by atoms with Crippen LogP contribution in [0.5, 0.6) is 0 Å². The smallest absolute Gasteiger partial charge is 0.135 e. The minimum Gasteiger partial charge on any atom is -0.383 e. The van der Waals surface area contributed by atoms with Crippen molar-refractivity contribution in [2.75, 3.05) is 0 Å². The lowest BCUT2D eigenvalue weighted by atomic mass is 10.0. The summed E-state index contributed by atoms with van der Waals surface area (Å²) in [4.78, 5) is 0. The first-order valence-corrected chi connectivity index (χ1v) is 6.24. The third-order valence-corrected chi connectivity index (χ3v) is 3.81. The normalized spacial score (nSPS) is 12.8. The van der Waals surface area contributed by atoms with Gasteiger partial charge in [-0.15, -0.1) is 11.3 Å². The standard InChI is InChI=1S/C11H5Cl2F3OS/c12-8-3-5(11(13)18-8)10(17)9-6(15)1-4(14)2-7(9)16/h1-3,10,17H. The van der Waals surface area contributed by atoms with Crippen LogP contribution < -0.4 is 0 Å². The summed E-state index contributed by atoms with van der Waals surface area (Å²) >= 11 is 12.4. The lowest BCUT2D eigenvalue weighted by molar-refractivity contribution is 0.209. The van der Waals surface area contributed by atoms with E-state index in [1.807, 2.05) is 0 Å². The van der Waals surface area contributed by atoms with E-state index in [0.717, 1.165) is 11.3 Å². The monoisotopic (exact) mass is 312 g/mol. The fourth-order valence-corrected chi connectivity index (χ4v) is 3.03. The first-order chi connectivity index (χ1) is 8.40. The molecule has 0 aliphatic carbocycles. The minimum absolute atomic E-state index is 0.0797. The molecule has 0 bridgehead atoms. The predicted octanol–water partition coefficient (Wildman–Crippen LogP) is 4.55. The van der Waals surface area contributed by atoms with Gasteiger partial charge in [-0.05, 0) is 6.07 Å². The van der Waals surface area contributed by atoms with Crippen LogP contribution in [-0.2, 0) is 0 Å². The first kappa shape index (κ1) is 13.7. The van der Waals surface area contributed by atoms with Crippen molar-refractivity contribution >= 4 is 34.5 Å². The molecule has 0 fully saturated rings. The highest BCUT2D eigenvalue weighted by atomic mass is 35.5. The van der Waals surface area contributed by atoms with E-state index in [0.29, 0.717) is 12.1 Å². The highest BCUT2D eigenvalue weighted by molar-refractivity contribution is 7.20. The molecule has 1 aromatic heterocycles. The number of hydrogen-bond acceptors (Lipinski definition) is 2. The number of hydrogen-bond donors (Lipinski definition) is 1. The Morgan fingerprint density at radius 3 is 2.06 bits per heavy atom. The Bertz CT molecular complexity index is 577. The third kappa shape index (κ3) is 2.49. The van der Waals surface area contributed by atoms with E-state index in [1.165, 1.54) is 6.07 Å². The largest absolute Gasteiger partial charge is 0.383 e. The quantitative estimate of drug-likeness (QED) is 0.862. The molecule has 1 N–H and O–H groups in total. The van der Waals surface area contributed by atoms with Crippen molar-refractivity contribution in [3.63, 3.8) is 0 Å². The van der Waals surface area contributed by atoms with Gasteiger partial charge in [0.1, 0.15) is 27.9 Å².